The van der Waals surface area contributed by atoms with Gasteiger partial charge >= 0.3 is 5.97 Å². The molecule has 148 valence electrons. The number of nitro groups is 1. The van der Waals surface area contributed by atoms with Crippen molar-refractivity contribution in [2.24, 2.45) is 0 Å². The zero-order chi connectivity index (χ0) is 20.5. The molecule has 0 bridgehead atoms. The Kier molecular flexibility index (Phi) is 7.94. The normalized spacial score (nSPS) is 10.4. The number of rotatable bonds is 9. The van der Waals surface area contributed by atoms with Gasteiger partial charge in [0.2, 0.25) is 0 Å². The maximum Gasteiger partial charge on any atom is 0.338 e. The lowest BCUT2D eigenvalue weighted by atomic mass is 10.1. The number of thioether (sulfide) groups is 1. The fourth-order valence-electron chi connectivity index (χ4n) is 2.32. The summed E-state index contributed by atoms with van der Waals surface area (Å²) >= 11 is 1.44. The minimum Gasteiger partial charge on any atom is -0.462 e. The summed E-state index contributed by atoms with van der Waals surface area (Å²) in [7, 11) is 0. The second-order valence-corrected chi connectivity index (χ2v) is 6.75. The van der Waals surface area contributed by atoms with E-state index in [0.29, 0.717) is 17.1 Å². The highest BCUT2D eigenvalue weighted by Crippen LogP contribution is 2.19. The number of non-ortho nitro benzene ring substituents is 1. The quantitative estimate of drug-likeness (QED) is 0.296. The number of nitrogens with zero attached hydrogens (tertiary/aromatic N) is 1. The van der Waals surface area contributed by atoms with E-state index in [-0.39, 0.29) is 35.8 Å². The topological polar surface area (TPSA) is 98.5 Å². The molecule has 1 N–H and O–H groups in total. The molecule has 9 heteroatoms. The van der Waals surface area contributed by atoms with Crippen LogP contribution in [0.15, 0.2) is 42.5 Å². The average molecular weight is 406 g/mol. The molecule has 0 unspecified atom stereocenters. The van der Waals surface area contributed by atoms with Crippen molar-refractivity contribution in [3.63, 3.8) is 0 Å². The number of benzene rings is 2. The molecule has 0 aliphatic carbocycles. The molecule has 0 saturated heterocycles. The van der Waals surface area contributed by atoms with Crippen molar-refractivity contribution < 1.29 is 23.6 Å². The van der Waals surface area contributed by atoms with Gasteiger partial charge in [-0.1, -0.05) is 18.2 Å². The first-order valence-electron chi connectivity index (χ1n) is 8.48. The molecule has 0 fully saturated rings. The molecule has 0 aliphatic rings. The molecule has 0 aromatic heterocycles. The first-order chi connectivity index (χ1) is 13.4. The molecule has 0 atom stereocenters. The van der Waals surface area contributed by atoms with Crippen LogP contribution in [-0.2, 0) is 10.5 Å². The van der Waals surface area contributed by atoms with E-state index in [1.807, 2.05) is 0 Å². The van der Waals surface area contributed by atoms with Crippen LogP contribution in [0.2, 0.25) is 0 Å². The number of hydrogen-bond acceptors (Lipinski definition) is 6. The Bertz CT molecular complexity index is 875. The first-order valence-corrected chi connectivity index (χ1v) is 9.63. The first kappa shape index (κ1) is 21.4. The summed E-state index contributed by atoms with van der Waals surface area (Å²) in [6.45, 7) is 2.01. The van der Waals surface area contributed by atoms with Crippen molar-refractivity contribution in [2.45, 2.75) is 12.7 Å². The Hall–Kier alpha value is -2.94. The van der Waals surface area contributed by atoms with Crippen LogP contribution in [0.25, 0.3) is 0 Å². The molecule has 7 nitrogen and oxygen atoms in total. The van der Waals surface area contributed by atoms with Crippen LogP contribution in [0.4, 0.5) is 10.1 Å². The molecule has 2 aromatic carbocycles. The minimum absolute atomic E-state index is 0.00337. The van der Waals surface area contributed by atoms with Gasteiger partial charge in [0.25, 0.3) is 11.6 Å². The molecule has 0 radical (unpaired) electrons. The number of carbonyl (C=O) groups excluding carboxylic acids is 2. The molecule has 0 saturated carbocycles. The van der Waals surface area contributed by atoms with Crippen LogP contribution in [0.3, 0.4) is 0 Å². The van der Waals surface area contributed by atoms with Crippen LogP contribution in [0.5, 0.6) is 0 Å². The third-order valence-corrected chi connectivity index (χ3v) is 4.66. The second-order valence-electron chi connectivity index (χ2n) is 5.65. The van der Waals surface area contributed by atoms with E-state index in [2.05, 4.69) is 5.32 Å². The summed E-state index contributed by atoms with van der Waals surface area (Å²) in [5.41, 5.74) is 0.146. The van der Waals surface area contributed by atoms with Gasteiger partial charge in [-0.25, -0.2) is 9.18 Å². The summed E-state index contributed by atoms with van der Waals surface area (Å²) in [6.07, 6.45) is 0. The maximum absolute atomic E-state index is 13.5. The van der Waals surface area contributed by atoms with E-state index < -0.39 is 16.8 Å². The SMILES string of the molecule is CCOC(=O)c1cc(C(=O)NCCSCc2ccccc2F)cc([N+](=O)[O-])c1. The highest BCUT2D eigenvalue weighted by atomic mass is 32.2. The minimum atomic E-state index is -0.735. The Morgan fingerprint density at radius 2 is 1.93 bits per heavy atom. The summed E-state index contributed by atoms with van der Waals surface area (Å²) in [5, 5.41) is 13.7. The Labute approximate surface area is 165 Å². The van der Waals surface area contributed by atoms with E-state index in [4.69, 9.17) is 4.74 Å². The fourth-order valence-corrected chi connectivity index (χ4v) is 3.16. The number of nitro benzene ring substituents is 1. The third-order valence-electron chi connectivity index (χ3n) is 3.65. The van der Waals surface area contributed by atoms with Gasteiger partial charge in [-0.3, -0.25) is 14.9 Å². The molecule has 1 amide bonds. The largest absolute Gasteiger partial charge is 0.462 e. The van der Waals surface area contributed by atoms with Crippen molar-refractivity contribution in [1.82, 2.24) is 5.32 Å². The maximum atomic E-state index is 13.5. The number of carbonyl (C=O) groups is 2. The number of ether oxygens (including phenoxy) is 1. The van der Waals surface area contributed by atoms with Gasteiger partial charge < -0.3 is 10.1 Å². The predicted octanol–water partition coefficient (Wildman–Crippen LogP) is 3.57. The average Bonchev–Trinajstić information content (AvgIpc) is 2.68. The predicted molar refractivity (Wildman–Crippen MR) is 104 cm³/mol. The molecule has 0 heterocycles. The monoisotopic (exact) mass is 406 g/mol. The summed E-state index contributed by atoms with van der Waals surface area (Å²) in [6, 6.07) is 9.88. The van der Waals surface area contributed by atoms with Crippen LogP contribution in [-0.4, -0.2) is 35.7 Å². The smallest absolute Gasteiger partial charge is 0.338 e. The van der Waals surface area contributed by atoms with Gasteiger partial charge in [0.1, 0.15) is 5.82 Å². The van der Waals surface area contributed by atoms with Gasteiger partial charge in [-0.2, -0.15) is 11.8 Å². The van der Waals surface area contributed by atoms with Crippen molar-refractivity contribution in [1.29, 1.82) is 0 Å². The Morgan fingerprint density at radius 1 is 1.21 bits per heavy atom. The summed E-state index contributed by atoms with van der Waals surface area (Å²) in [4.78, 5) is 34.5. The van der Waals surface area contributed by atoms with Crippen molar-refractivity contribution in [3.05, 3.63) is 75.1 Å². The zero-order valence-corrected chi connectivity index (χ0v) is 16.0. The summed E-state index contributed by atoms with van der Waals surface area (Å²) < 4.78 is 18.4. The highest BCUT2D eigenvalue weighted by molar-refractivity contribution is 7.98. The van der Waals surface area contributed by atoms with Gasteiger partial charge in [-0.05, 0) is 24.6 Å². The van der Waals surface area contributed by atoms with Gasteiger partial charge in [0.15, 0.2) is 0 Å². The Balaban J connectivity index is 1.94. The molecular formula is C19H19FN2O5S. The number of esters is 1. The molecule has 0 spiro atoms. The van der Waals surface area contributed by atoms with E-state index in [0.717, 1.165) is 12.1 Å². The van der Waals surface area contributed by atoms with Gasteiger partial charge in [0.05, 0.1) is 17.1 Å². The number of hydrogen-bond donors (Lipinski definition) is 1. The molecular weight excluding hydrogens is 387 g/mol. The van der Waals surface area contributed by atoms with Crippen LogP contribution >= 0.6 is 11.8 Å². The molecule has 28 heavy (non-hydrogen) atoms. The van der Waals surface area contributed by atoms with E-state index >= 15 is 0 Å². The van der Waals surface area contributed by atoms with Gasteiger partial charge in [0, 0.05) is 35.7 Å². The number of nitrogens with one attached hydrogen (secondary N) is 1. The van der Waals surface area contributed by atoms with Crippen molar-refractivity contribution in [2.75, 3.05) is 18.9 Å². The van der Waals surface area contributed by atoms with Crippen molar-refractivity contribution >= 4 is 29.3 Å². The lowest BCUT2D eigenvalue weighted by molar-refractivity contribution is -0.384. The molecule has 2 rings (SSSR count). The van der Waals surface area contributed by atoms with Crippen LogP contribution < -0.4 is 5.32 Å². The highest BCUT2D eigenvalue weighted by Gasteiger charge is 2.18. The number of amides is 1. The van der Waals surface area contributed by atoms with E-state index in [9.17, 15) is 24.1 Å². The molecule has 0 aliphatic heterocycles. The van der Waals surface area contributed by atoms with Gasteiger partial charge in [-0.15, -0.1) is 0 Å². The van der Waals surface area contributed by atoms with Crippen LogP contribution in [0, 0.1) is 15.9 Å². The number of halogens is 1. The van der Waals surface area contributed by atoms with E-state index in [1.54, 1.807) is 25.1 Å². The Morgan fingerprint density at radius 3 is 2.61 bits per heavy atom. The lowest BCUT2D eigenvalue weighted by Crippen LogP contribution is -2.26. The summed E-state index contributed by atoms with van der Waals surface area (Å²) in [5.74, 6) is -0.560. The molecule has 2 aromatic rings. The standard InChI is InChI=1S/C19H19FN2O5S/c1-2-27-19(24)15-9-14(10-16(11-15)22(25)26)18(23)21-7-8-28-12-13-5-3-4-6-17(13)20/h3-6,9-11H,2,7-8,12H2,1H3,(H,21,23). The third kappa shape index (κ3) is 6.05. The second kappa shape index (κ2) is 10.4. The van der Waals surface area contributed by atoms with E-state index in [1.165, 1.54) is 23.9 Å². The zero-order valence-electron chi connectivity index (χ0n) is 15.1. The van der Waals surface area contributed by atoms with Crippen molar-refractivity contribution in [3.8, 4) is 0 Å². The lowest BCUT2D eigenvalue weighted by Gasteiger charge is -2.08. The fraction of sp³-hybridized carbons (Fsp3) is 0.263. The van der Waals surface area contributed by atoms with Crippen LogP contribution in [0.1, 0.15) is 33.2 Å².